The van der Waals surface area contributed by atoms with Gasteiger partial charge in [0.05, 0.1) is 18.3 Å². The summed E-state index contributed by atoms with van der Waals surface area (Å²) in [5.41, 5.74) is -0.229. The van der Waals surface area contributed by atoms with Crippen molar-refractivity contribution < 1.29 is 27.3 Å². The molecule has 0 saturated heterocycles. The van der Waals surface area contributed by atoms with Gasteiger partial charge in [-0.25, -0.2) is 9.36 Å². The number of oxime groups is 1. The molecule has 0 amide bonds. The number of fused-ring (bicyclic) bond motifs is 1. The van der Waals surface area contributed by atoms with E-state index in [4.69, 9.17) is 9.57 Å². The number of rotatable bonds is 7. The highest BCUT2D eigenvalue weighted by atomic mass is 19.4. The van der Waals surface area contributed by atoms with Crippen molar-refractivity contribution in [3.63, 3.8) is 0 Å². The van der Waals surface area contributed by atoms with E-state index < -0.39 is 23.1 Å². The predicted molar refractivity (Wildman–Crippen MR) is 110 cm³/mol. The monoisotopic (exact) mass is 434 g/mol. The molecule has 1 aromatic carbocycles. The van der Waals surface area contributed by atoms with E-state index in [1.807, 2.05) is 0 Å². The van der Waals surface area contributed by atoms with Gasteiger partial charge in [0.15, 0.2) is 0 Å². The highest BCUT2D eigenvalue weighted by Crippen LogP contribution is 2.31. The third-order valence-electron chi connectivity index (χ3n) is 4.71. The van der Waals surface area contributed by atoms with Crippen molar-refractivity contribution in [3.8, 4) is 11.1 Å². The first kappa shape index (κ1) is 22.5. The Bertz CT molecular complexity index is 1150. The lowest BCUT2D eigenvalue weighted by atomic mass is 10.1. The van der Waals surface area contributed by atoms with Gasteiger partial charge in [-0.3, -0.25) is 0 Å². The van der Waals surface area contributed by atoms with Crippen LogP contribution < -0.4 is 10.1 Å². The van der Waals surface area contributed by atoms with Crippen molar-refractivity contribution >= 4 is 11.9 Å². The Balaban J connectivity index is 1.97. The van der Waals surface area contributed by atoms with Gasteiger partial charge in [-0.15, -0.1) is 0 Å². The number of alkyl halides is 3. The van der Waals surface area contributed by atoms with Crippen molar-refractivity contribution in [1.29, 1.82) is 0 Å². The standard InChI is InChI=1S/C22H23F3N3O3/c1-21(2,30-3)31-26-11-7-12-27-15-18(20(29)28-13-5-4-10-19(27)28)16-8-6-9-17(14-16)22(23,24)25/h4-6,8-11,13-15H,7,12H2,1-3H3/q+1. The molecule has 0 unspecified atom stereocenters. The average Bonchev–Trinajstić information content (AvgIpc) is 2.74. The summed E-state index contributed by atoms with van der Waals surface area (Å²) in [5.74, 6) is -0.854. The van der Waals surface area contributed by atoms with Crippen LogP contribution >= 0.6 is 0 Å². The summed E-state index contributed by atoms with van der Waals surface area (Å²) in [4.78, 5) is 18.2. The van der Waals surface area contributed by atoms with Crippen LogP contribution in [0.1, 0.15) is 25.8 Å². The van der Waals surface area contributed by atoms with Crippen LogP contribution in [0.2, 0.25) is 0 Å². The van der Waals surface area contributed by atoms with Crippen molar-refractivity contribution in [1.82, 2.24) is 4.40 Å². The second-order valence-corrected chi connectivity index (χ2v) is 7.32. The molecular weight excluding hydrogens is 411 g/mol. The summed E-state index contributed by atoms with van der Waals surface area (Å²) in [6, 6.07) is 9.99. The van der Waals surface area contributed by atoms with Crippen molar-refractivity contribution in [3.05, 3.63) is 70.8 Å². The van der Waals surface area contributed by atoms with Gasteiger partial charge < -0.3 is 9.57 Å². The topological polar surface area (TPSA) is 56.2 Å². The largest absolute Gasteiger partial charge is 0.416 e. The molecule has 0 aliphatic rings. The summed E-state index contributed by atoms with van der Waals surface area (Å²) in [7, 11) is 1.51. The third-order valence-corrected chi connectivity index (χ3v) is 4.71. The minimum Gasteiger partial charge on any atom is -0.361 e. The number of halogens is 3. The quantitative estimate of drug-likeness (QED) is 0.244. The zero-order valence-electron chi connectivity index (χ0n) is 17.4. The molecule has 0 radical (unpaired) electrons. The summed E-state index contributed by atoms with van der Waals surface area (Å²) in [6.07, 6.45) is 0.702. The minimum atomic E-state index is -4.49. The first-order valence-corrected chi connectivity index (χ1v) is 9.59. The van der Waals surface area contributed by atoms with Crippen molar-refractivity contribution in [2.24, 2.45) is 5.16 Å². The van der Waals surface area contributed by atoms with Crippen LogP contribution in [-0.4, -0.2) is 23.5 Å². The Morgan fingerprint density at radius 1 is 1.16 bits per heavy atom. The highest BCUT2D eigenvalue weighted by molar-refractivity contribution is 5.63. The van der Waals surface area contributed by atoms with E-state index in [-0.39, 0.29) is 11.1 Å². The third kappa shape index (κ3) is 5.29. The van der Waals surface area contributed by atoms with Gasteiger partial charge in [-0.05, 0) is 23.8 Å². The number of nitrogens with zero attached hydrogens (tertiary/aromatic N) is 3. The maximum Gasteiger partial charge on any atom is 0.416 e. The van der Waals surface area contributed by atoms with Crippen LogP contribution in [0.15, 0.2) is 64.8 Å². The van der Waals surface area contributed by atoms with Crippen molar-refractivity contribution in [2.75, 3.05) is 7.11 Å². The Morgan fingerprint density at radius 3 is 2.65 bits per heavy atom. The molecule has 0 bridgehead atoms. The molecule has 0 spiro atoms. The molecule has 0 saturated carbocycles. The van der Waals surface area contributed by atoms with Gasteiger partial charge in [0.2, 0.25) is 5.79 Å². The molecule has 2 heterocycles. The Labute approximate surface area is 177 Å². The van der Waals surface area contributed by atoms with Gasteiger partial charge >= 0.3 is 11.7 Å². The van der Waals surface area contributed by atoms with E-state index in [0.29, 0.717) is 18.6 Å². The molecule has 6 nitrogen and oxygen atoms in total. The molecule has 31 heavy (non-hydrogen) atoms. The molecular formula is C22H23F3N3O3+. The van der Waals surface area contributed by atoms with Gasteiger partial charge in [0.25, 0.3) is 5.65 Å². The Morgan fingerprint density at radius 2 is 1.94 bits per heavy atom. The molecule has 0 aliphatic carbocycles. The fourth-order valence-corrected chi connectivity index (χ4v) is 2.94. The normalized spacial score (nSPS) is 12.6. The fraction of sp³-hybridized carbons (Fsp3) is 0.318. The van der Waals surface area contributed by atoms with Crippen molar-refractivity contribution in [2.45, 2.75) is 38.8 Å². The van der Waals surface area contributed by atoms with Crippen LogP contribution in [-0.2, 0) is 22.3 Å². The summed E-state index contributed by atoms with van der Waals surface area (Å²) in [6.45, 7) is 3.87. The summed E-state index contributed by atoms with van der Waals surface area (Å²) in [5, 5.41) is 3.89. The van der Waals surface area contributed by atoms with E-state index in [1.54, 1.807) is 55.2 Å². The number of benzene rings is 1. The molecule has 0 fully saturated rings. The van der Waals surface area contributed by atoms with E-state index in [1.165, 1.54) is 23.6 Å². The zero-order valence-corrected chi connectivity index (χ0v) is 17.4. The summed E-state index contributed by atoms with van der Waals surface area (Å²) >= 11 is 0. The van der Waals surface area contributed by atoms with Crippen LogP contribution in [0.3, 0.4) is 0 Å². The minimum absolute atomic E-state index is 0.170. The number of hydrogen-bond donors (Lipinski definition) is 0. The summed E-state index contributed by atoms with van der Waals surface area (Å²) < 4.78 is 47.7. The number of ether oxygens (including phenoxy) is 1. The van der Waals surface area contributed by atoms with E-state index >= 15 is 0 Å². The van der Waals surface area contributed by atoms with Gasteiger partial charge in [-0.1, -0.05) is 23.4 Å². The lowest BCUT2D eigenvalue weighted by Gasteiger charge is -2.19. The van der Waals surface area contributed by atoms with Gasteiger partial charge in [-0.2, -0.15) is 17.6 Å². The molecule has 0 aliphatic heterocycles. The van der Waals surface area contributed by atoms with Crippen LogP contribution in [0, 0.1) is 0 Å². The number of methoxy groups -OCH3 is 1. The van der Waals surface area contributed by atoms with Gasteiger partial charge in [0, 0.05) is 39.7 Å². The number of pyridine rings is 1. The molecule has 3 rings (SSSR count). The number of hydrogen-bond acceptors (Lipinski definition) is 4. The maximum absolute atomic E-state index is 13.1. The fourth-order valence-electron chi connectivity index (χ4n) is 2.94. The Hall–Kier alpha value is -3.20. The Kier molecular flexibility index (Phi) is 6.45. The van der Waals surface area contributed by atoms with E-state index in [2.05, 4.69) is 5.16 Å². The lowest BCUT2D eigenvalue weighted by molar-refractivity contribution is -0.672. The SMILES string of the molecule is COC(C)(C)ON=CCC[n+]1cc(-c2cccc(C(F)(F)F)c2)c(=O)n2ccccc21. The second-order valence-electron chi connectivity index (χ2n) is 7.32. The first-order chi connectivity index (χ1) is 14.6. The number of aryl methyl sites for hydroxylation is 1. The highest BCUT2D eigenvalue weighted by Gasteiger charge is 2.31. The lowest BCUT2D eigenvalue weighted by Crippen LogP contribution is -2.40. The van der Waals surface area contributed by atoms with Crippen LogP contribution in [0.4, 0.5) is 13.2 Å². The molecule has 3 aromatic rings. The zero-order chi connectivity index (χ0) is 22.6. The van der Waals surface area contributed by atoms with Crippen LogP contribution in [0.5, 0.6) is 0 Å². The van der Waals surface area contributed by atoms with Gasteiger partial charge in [0.1, 0.15) is 11.8 Å². The van der Waals surface area contributed by atoms with E-state index in [0.717, 1.165) is 12.1 Å². The first-order valence-electron chi connectivity index (χ1n) is 9.59. The van der Waals surface area contributed by atoms with Crippen LogP contribution in [0.25, 0.3) is 16.8 Å². The number of aromatic nitrogens is 2. The predicted octanol–water partition coefficient (Wildman–Crippen LogP) is 4.05. The smallest absolute Gasteiger partial charge is 0.361 e. The van der Waals surface area contributed by atoms with E-state index in [9.17, 15) is 18.0 Å². The molecule has 0 atom stereocenters. The molecule has 2 aromatic heterocycles. The molecule has 9 heteroatoms. The molecule has 0 N–H and O–H groups in total. The second kappa shape index (κ2) is 8.89. The molecule has 164 valence electrons. The maximum atomic E-state index is 13.1. The average molecular weight is 434 g/mol.